The van der Waals surface area contributed by atoms with Crippen molar-refractivity contribution in [2.24, 2.45) is 5.14 Å². The number of rotatable bonds is 3. The number of nitrogens with one attached hydrogen (secondary N) is 1. The van der Waals surface area contributed by atoms with E-state index in [2.05, 4.69) is 5.32 Å². The predicted molar refractivity (Wildman–Crippen MR) is 70.2 cm³/mol. The Morgan fingerprint density at radius 2 is 2.21 bits per heavy atom. The number of hydrogen-bond acceptors (Lipinski definition) is 4. The molecule has 1 aliphatic heterocycles. The van der Waals surface area contributed by atoms with E-state index in [4.69, 9.17) is 9.88 Å². The summed E-state index contributed by atoms with van der Waals surface area (Å²) in [5.41, 5.74) is 1.20. The molecule has 0 radical (unpaired) electrons. The molecule has 1 heterocycles. The minimum absolute atomic E-state index is 0.0271. The molecule has 19 heavy (non-hydrogen) atoms. The molecule has 0 bridgehead atoms. The van der Waals surface area contributed by atoms with Gasteiger partial charge in [-0.15, -0.1) is 0 Å². The van der Waals surface area contributed by atoms with Crippen LogP contribution < -0.4 is 10.5 Å². The van der Waals surface area contributed by atoms with Crippen molar-refractivity contribution in [2.75, 3.05) is 11.9 Å². The molecule has 3 N–H and O–H groups in total. The fraction of sp³-hybridized carbons (Fsp3) is 0.417. The highest BCUT2D eigenvalue weighted by Crippen LogP contribution is 2.21. The standard InChI is InChI=1S/C12H16N2O4S/c1-8-4-5-9(19(13,16)17)7-10(8)14-12(15)11-3-2-6-18-11/h4-5,7,11H,2-3,6H2,1H3,(H,14,15)(H2,13,16,17). The molecule has 7 heteroatoms. The predicted octanol–water partition coefficient (Wildman–Crippen LogP) is 0.760. The van der Waals surface area contributed by atoms with E-state index in [9.17, 15) is 13.2 Å². The third-order valence-corrected chi connectivity index (χ3v) is 3.93. The first kappa shape index (κ1) is 14.0. The number of hydrogen-bond donors (Lipinski definition) is 2. The van der Waals surface area contributed by atoms with Gasteiger partial charge in [-0.1, -0.05) is 6.07 Å². The summed E-state index contributed by atoms with van der Waals surface area (Å²) in [4.78, 5) is 11.9. The van der Waals surface area contributed by atoms with Gasteiger partial charge in [0, 0.05) is 12.3 Å². The number of benzene rings is 1. The summed E-state index contributed by atoms with van der Waals surface area (Å²) in [5, 5.41) is 7.74. The molecule has 0 spiro atoms. The van der Waals surface area contributed by atoms with Gasteiger partial charge in [0.25, 0.3) is 5.91 Å². The Labute approximate surface area is 112 Å². The van der Waals surface area contributed by atoms with Crippen LogP contribution >= 0.6 is 0 Å². The van der Waals surface area contributed by atoms with Gasteiger partial charge >= 0.3 is 0 Å². The topological polar surface area (TPSA) is 98.5 Å². The van der Waals surface area contributed by atoms with Gasteiger partial charge in [0.2, 0.25) is 10.0 Å². The summed E-state index contributed by atoms with van der Waals surface area (Å²) in [6.07, 6.45) is 1.08. The maximum absolute atomic E-state index is 11.9. The number of carbonyl (C=O) groups excluding carboxylic acids is 1. The highest BCUT2D eigenvalue weighted by molar-refractivity contribution is 7.89. The summed E-state index contributed by atoms with van der Waals surface area (Å²) >= 11 is 0. The minimum atomic E-state index is -3.78. The third-order valence-electron chi connectivity index (χ3n) is 3.02. The fourth-order valence-corrected chi connectivity index (χ4v) is 2.45. The molecule has 0 aromatic heterocycles. The number of primary sulfonamides is 1. The fourth-order valence-electron chi connectivity index (χ4n) is 1.91. The molecule has 1 amide bonds. The van der Waals surface area contributed by atoms with Gasteiger partial charge < -0.3 is 10.1 Å². The molecule has 1 atom stereocenters. The number of amides is 1. The highest BCUT2D eigenvalue weighted by Gasteiger charge is 2.24. The number of sulfonamides is 1. The van der Waals surface area contributed by atoms with Crippen molar-refractivity contribution in [3.8, 4) is 0 Å². The average Bonchev–Trinajstić information content (AvgIpc) is 2.84. The molecule has 1 fully saturated rings. The monoisotopic (exact) mass is 284 g/mol. The number of carbonyl (C=O) groups is 1. The number of ether oxygens (including phenoxy) is 1. The first-order valence-corrected chi connectivity index (χ1v) is 7.48. The molecule has 6 nitrogen and oxygen atoms in total. The van der Waals surface area contributed by atoms with Crippen molar-refractivity contribution in [3.05, 3.63) is 23.8 Å². The number of anilines is 1. The van der Waals surface area contributed by atoms with E-state index in [1.165, 1.54) is 12.1 Å². The molecule has 1 unspecified atom stereocenters. The van der Waals surface area contributed by atoms with E-state index in [0.29, 0.717) is 18.7 Å². The third kappa shape index (κ3) is 3.31. The maximum atomic E-state index is 11.9. The van der Waals surface area contributed by atoms with E-state index in [0.717, 1.165) is 12.0 Å². The lowest BCUT2D eigenvalue weighted by Crippen LogP contribution is -2.27. The molecule has 0 saturated carbocycles. The molecular weight excluding hydrogens is 268 g/mol. The van der Waals surface area contributed by atoms with Crippen LogP contribution in [0.15, 0.2) is 23.1 Å². The Hall–Kier alpha value is -1.44. The van der Waals surface area contributed by atoms with Gasteiger partial charge in [0.1, 0.15) is 6.10 Å². The van der Waals surface area contributed by atoms with Crippen molar-refractivity contribution in [1.82, 2.24) is 0 Å². The van der Waals surface area contributed by atoms with Crippen molar-refractivity contribution in [1.29, 1.82) is 0 Å². The first-order chi connectivity index (χ1) is 8.88. The van der Waals surface area contributed by atoms with Gasteiger partial charge in [-0.3, -0.25) is 4.79 Å². The summed E-state index contributed by atoms with van der Waals surface area (Å²) in [6.45, 7) is 2.35. The van der Waals surface area contributed by atoms with Crippen LogP contribution in [0.3, 0.4) is 0 Å². The van der Waals surface area contributed by atoms with Crippen LogP contribution in [0.4, 0.5) is 5.69 Å². The van der Waals surface area contributed by atoms with E-state index in [-0.39, 0.29) is 10.8 Å². The Kier molecular flexibility index (Phi) is 3.88. The van der Waals surface area contributed by atoms with Crippen LogP contribution in [0.2, 0.25) is 0 Å². The van der Waals surface area contributed by atoms with Gasteiger partial charge in [0.15, 0.2) is 0 Å². The smallest absolute Gasteiger partial charge is 0.253 e. The Balaban J connectivity index is 2.22. The molecule has 1 aliphatic rings. The molecule has 1 saturated heterocycles. The molecule has 104 valence electrons. The molecule has 1 aromatic carbocycles. The Morgan fingerprint density at radius 1 is 1.47 bits per heavy atom. The lowest BCUT2D eigenvalue weighted by atomic mass is 10.2. The summed E-state index contributed by atoms with van der Waals surface area (Å²) in [5.74, 6) is -0.257. The summed E-state index contributed by atoms with van der Waals surface area (Å²) in [6, 6.07) is 4.37. The number of nitrogens with two attached hydrogens (primary N) is 1. The SMILES string of the molecule is Cc1ccc(S(N)(=O)=O)cc1NC(=O)C1CCCO1. The van der Waals surface area contributed by atoms with Crippen molar-refractivity contribution >= 4 is 21.6 Å². The molecule has 2 rings (SSSR count). The van der Waals surface area contributed by atoms with E-state index in [1.807, 2.05) is 0 Å². The second kappa shape index (κ2) is 5.28. The van der Waals surface area contributed by atoms with Crippen LogP contribution in [0.1, 0.15) is 18.4 Å². The number of aryl methyl sites for hydroxylation is 1. The lowest BCUT2D eigenvalue weighted by molar-refractivity contribution is -0.124. The van der Waals surface area contributed by atoms with E-state index in [1.54, 1.807) is 13.0 Å². The van der Waals surface area contributed by atoms with Crippen LogP contribution in [0.5, 0.6) is 0 Å². The quantitative estimate of drug-likeness (QED) is 0.856. The second-order valence-corrected chi connectivity index (χ2v) is 6.07. The molecule has 1 aromatic rings. The minimum Gasteiger partial charge on any atom is -0.368 e. The molecular formula is C12H16N2O4S. The Morgan fingerprint density at radius 3 is 2.79 bits per heavy atom. The van der Waals surface area contributed by atoms with Crippen molar-refractivity contribution in [3.63, 3.8) is 0 Å². The van der Waals surface area contributed by atoms with Crippen LogP contribution in [-0.2, 0) is 19.6 Å². The van der Waals surface area contributed by atoms with Gasteiger partial charge in [-0.2, -0.15) is 0 Å². The second-order valence-electron chi connectivity index (χ2n) is 4.51. The van der Waals surface area contributed by atoms with Crippen LogP contribution in [-0.4, -0.2) is 27.0 Å². The highest BCUT2D eigenvalue weighted by atomic mass is 32.2. The normalized spacial score (nSPS) is 19.4. The maximum Gasteiger partial charge on any atom is 0.253 e. The van der Waals surface area contributed by atoms with Crippen LogP contribution in [0, 0.1) is 6.92 Å². The van der Waals surface area contributed by atoms with Gasteiger partial charge in [0.05, 0.1) is 4.90 Å². The average molecular weight is 284 g/mol. The zero-order valence-electron chi connectivity index (χ0n) is 10.5. The van der Waals surface area contributed by atoms with Crippen molar-refractivity contribution < 1.29 is 17.9 Å². The largest absolute Gasteiger partial charge is 0.368 e. The van der Waals surface area contributed by atoms with Crippen LogP contribution in [0.25, 0.3) is 0 Å². The van der Waals surface area contributed by atoms with E-state index >= 15 is 0 Å². The summed E-state index contributed by atoms with van der Waals surface area (Å²) < 4.78 is 27.8. The zero-order valence-corrected chi connectivity index (χ0v) is 11.4. The molecule has 0 aliphatic carbocycles. The zero-order chi connectivity index (χ0) is 14.0. The lowest BCUT2D eigenvalue weighted by Gasteiger charge is -2.13. The van der Waals surface area contributed by atoms with Gasteiger partial charge in [-0.25, -0.2) is 13.6 Å². The Bertz CT molecular complexity index is 592. The van der Waals surface area contributed by atoms with Crippen molar-refractivity contribution in [2.45, 2.75) is 30.8 Å². The van der Waals surface area contributed by atoms with Gasteiger partial charge in [-0.05, 0) is 37.5 Å². The first-order valence-electron chi connectivity index (χ1n) is 5.94. The van der Waals surface area contributed by atoms with E-state index < -0.39 is 16.1 Å². The summed E-state index contributed by atoms with van der Waals surface area (Å²) in [7, 11) is -3.78.